The summed E-state index contributed by atoms with van der Waals surface area (Å²) in [7, 11) is 0. The highest BCUT2D eigenvalue weighted by atomic mass is 127. The topological polar surface area (TPSA) is 47.3 Å². The number of nitrogens with one attached hydrogen (secondary N) is 1. The second-order valence-corrected chi connectivity index (χ2v) is 7.00. The van der Waals surface area contributed by atoms with Crippen molar-refractivity contribution in [1.82, 2.24) is 5.43 Å². The first-order valence-electron chi connectivity index (χ1n) is 5.57. The van der Waals surface area contributed by atoms with E-state index in [1.165, 1.54) is 21.3 Å². The van der Waals surface area contributed by atoms with Gasteiger partial charge in [-0.15, -0.1) is 11.3 Å². The third-order valence-electron chi connectivity index (χ3n) is 3.10. The minimum atomic E-state index is 0.294. The zero-order chi connectivity index (χ0) is 11.4. The van der Waals surface area contributed by atoms with Crippen LogP contribution in [0.3, 0.4) is 0 Å². The molecule has 1 aliphatic rings. The van der Waals surface area contributed by atoms with Crippen LogP contribution in [0.1, 0.15) is 30.9 Å². The summed E-state index contributed by atoms with van der Waals surface area (Å²) in [5.74, 6) is 6.40. The van der Waals surface area contributed by atoms with Crippen LogP contribution in [0.4, 0.5) is 0 Å². The summed E-state index contributed by atoms with van der Waals surface area (Å²) in [6.45, 7) is 1.81. The predicted octanol–water partition coefficient (Wildman–Crippen LogP) is 2.67. The molecule has 0 bridgehead atoms. The number of hydrazine groups is 1. The third kappa shape index (κ3) is 3.40. The molecule has 0 amide bonds. The molecular weight excluding hydrogens is 335 g/mol. The maximum absolute atomic E-state index is 5.65. The molecule has 3 N–H and O–H groups in total. The van der Waals surface area contributed by atoms with Crippen LogP contribution in [-0.2, 0) is 4.74 Å². The Hall–Kier alpha value is 0.310. The van der Waals surface area contributed by atoms with E-state index in [0.29, 0.717) is 6.04 Å². The van der Waals surface area contributed by atoms with E-state index in [1.54, 1.807) is 11.3 Å². The van der Waals surface area contributed by atoms with Crippen molar-refractivity contribution in [1.29, 1.82) is 0 Å². The summed E-state index contributed by atoms with van der Waals surface area (Å²) < 4.78 is 6.69. The monoisotopic (exact) mass is 352 g/mol. The smallest absolute Gasteiger partial charge is 0.0656 e. The molecular formula is C11H17IN2OS. The standard InChI is InChI=1S/C11H17IN2OS/c12-11-6-9(7-16-11)10(14-13)5-8-1-3-15-4-2-8/h6-8,10,14H,1-5,13H2. The molecule has 0 spiro atoms. The van der Waals surface area contributed by atoms with E-state index in [2.05, 4.69) is 39.5 Å². The molecule has 1 atom stereocenters. The maximum atomic E-state index is 5.65. The Morgan fingerprint density at radius 3 is 2.88 bits per heavy atom. The highest BCUT2D eigenvalue weighted by Crippen LogP contribution is 2.29. The van der Waals surface area contributed by atoms with Crippen LogP contribution in [0.25, 0.3) is 0 Å². The quantitative estimate of drug-likeness (QED) is 0.498. The van der Waals surface area contributed by atoms with E-state index in [4.69, 9.17) is 10.6 Å². The molecule has 5 heteroatoms. The summed E-state index contributed by atoms with van der Waals surface area (Å²) in [6, 6.07) is 2.51. The fraction of sp³-hybridized carbons (Fsp3) is 0.636. The molecule has 1 unspecified atom stereocenters. The van der Waals surface area contributed by atoms with E-state index in [0.717, 1.165) is 25.6 Å². The normalized spacial score (nSPS) is 19.9. The third-order valence-corrected chi connectivity index (χ3v) is 4.91. The maximum Gasteiger partial charge on any atom is 0.0656 e. The lowest BCUT2D eigenvalue weighted by Gasteiger charge is -2.26. The number of ether oxygens (including phenoxy) is 1. The molecule has 3 nitrogen and oxygen atoms in total. The molecule has 1 fully saturated rings. The summed E-state index contributed by atoms with van der Waals surface area (Å²) in [6.07, 6.45) is 3.45. The molecule has 2 rings (SSSR count). The molecule has 1 aromatic rings. The fourth-order valence-electron chi connectivity index (χ4n) is 2.12. The van der Waals surface area contributed by atoms with E-state index < -0.39 is 0 Å². The van der Waals surface area contributed by atoms with Gasteiger partial charge in [0.25, 0.3) is 0 Å². The van der Waals surface area contributed by atoms with Crippen LogP contribution >= 0.6 is 33.9 Å². The van der Waals surface area contributed by atoms with Crippen molar-refractivity contribution in [3.8, 4) is 0 Å². The van der Waals surface area contributed by atoms with E-state index in [9.17, 15) is 0 Å². The van der Waals surface area contributed by atoms with E-state index >= 15 is 0 Å². The Morgan fingerprint density at radius 1 is 1.56 bits per heavy atom. The van der Waals surface area contributed by atoms with Crippen LogP contribution in [0.15, 0.2) is 11.4 Å². The number of halogens is 1. The number of rotatable bonds is 4. The Morgan fingerprint density at radius 2 is 2.31 bits per heavy atom. The Bertz CT molecular complexity index is 326. The lowest BCUT2D eigenvalue weighted by atomic mass is 9.91. The number of thiophene rings is 1. The predicted molar refractivity (Wildman–Crippen MR) is 75.3 cm³/mol. The largest absolute Gasteiger partial charge is 0.381 e. The van der Waals surface area contributed by atoms with Gasteiger partial charge in [0, 0.05) is 19.3 Å². The molecule has 0 aromatic carbocycles. The zero-order valence-corrected chi connectivity index (χ0v) is 12.1. The number of hydrogen-bond acceptors (Lipinski definition) is 4. The second kappa shape index (κ2) is 6.30. The molecule has 1 saturated heterocycles. The molecule has 1 aliphatic heterocycles. The van der Waals surface area contributed by atoms with Gasteiger partial charge in [-0.05, 0) is 64.8 Å². The Balaban J connectivity index is 1.94. The van der Waals surface area contributed by atoms with E-state index in [-0.39, 0.29) is 0 Å². The minimum Gasteiger partial charge on any atom is -0.381 e. The molecule has 90 valence electrons. The van der Waals surface area contributed by atoms with Crippen LogP contribution in [0.2, 0.25) is 0 Å². The van der Waals surface area contributed by atoms with Crippen LogP contribution in [0, 0.1) is 8.80 Å². The van der Waals surface area contributed by atoms with Crippen molar-refractivity contribution >= 4 is 33.9 Å². The summed E-state index contributed by atoms with van der Waals surface area (Å²) >= 11 is 4.13. The van der Waals surface area contributed by atoms with Gasteiger partial charge in [0.15, 0.2) is 0 Å². The first kappa shape index (κ1) is 12.8. The van der Waals surface area contributed by atoms with Gasteiger partial charge in [-0.1, -0.05) is 0 Å². The summed E-state index contributed by atoms with van der Waals surface area (Å²) in [5, 5.41) is 2.20. The number of nitrogens with two attached hydrogens (primary N) is 1. The molecule has 0 aliphatic carbocycles. The van der Waals surface area contributed by atoms with Crippen molar-refractivity contribution < 1.29 is 4.74 Å². The molecule has 16 heavy (non-hydrogen) atoms. The highest BCUT2D eigenvalue weighted by molar-refractivity contribution is 14.1. The van der Waals surface area contributed by atoms with Crippen LogP contribution < -0.4 is 11.3 Å². The molecule has 0 saturated carbocycles. The van der Waals surface area contributed by atoms with Gasteiger partial charge in [0.2, 0.25) is 0 Å². The second-order valence-electron chi connectivity index (χ2n) is 4.19. The highest BCUT2D eigenvalue weighted by Gasteiger charge is 2.20. The zero-order valence-electron chi connectivity index (χ0n) is 9.12. The lowest BCUT2D eigenvalue weighted by Crippen LogP contribution is -2.30. The van der Waals surface area contributed by atoms with Crippen molar-refractivity contribution in [2.24, 2.45) is 11.8 Å². The van der Waals surface area contributed by atoms with Gasteiger partial charge in [-0.3, -0.25) is 11.3 Å². The summed E-state index contributed by atoms with van der Waals surface area (Å²) in [4.78, 5) is 0. The average molecular weight is 352 g/mol. The van der Waals surface area contributed by atoms with Crippen LogP contribution in [-0.4, -0.2) is 13.2 Å². The SMILES string of the molecule is NNC(CC1CCOCC1)c1csc(I)c1. The first-order chi connectivity index (χ1) is 7.79. The average Bonchev–Trinajstić information content (AvgIpc) is 2.74. The van der Waals surface area contributed by atoms with Gasteiger partial charge in [0.05, 0.1) is 2.88 Å². The van der Waals surface area contributed by atoms with Crippen molar-refractivity contribution in [3.05, 3.63) is 19.9 Å². The van der Waals surface area contributed by atoms with Crippen LogP contribution in [0.5, 0.6) is 0 Å². The fourth-order valence-corrected chi connectivity index (χ4v) is 3.55. The van der Waals surface area contributed by atoms with Crippen molar-refractivity contribution in [3.63, 3.8) is 0 Å². The minimum absolute atomic E-state index is 0.294. The molecule has 2 heterocycles. The van der Waals surface area contributed by atoms with Crippen molar-refractivity contribution in [2.45, 2.75) is 25.3 Å². The Kier molecular flexibility index (Phi) is 5.02. The number of hydrogen-bond donors (Lipinski definition) is 2. The molecule has 0 radical (unpaired) electrons. The van der Waals surface area contributed by atoms with Gasteiger partial charge < -0.3 is 4.74 Å². The first-order valence-corrected chi connectivity index (χ1v) is 7.53. The lowest BCUT2D eigenvalue weighted by molar-refractivity contribution is 0.0605. The van der Waals surface area contributed by atoms with Gasteiger partial charge in [0.1, 0.15) is 0 Å². The van der Waals surface area contributed by atoms with E-state index in [1.807, 2.05) is 0 Å². The van der Waals surface area contributed by atoms with Gasteiger partial charge in [-0.25, -0.2) is 0 Å². The summed E-state index contributed by atoms with van der Waals surface area (Å²) in [5.41, 5.74) is 4.26. The Labute approximate surface area is 114 Å². The van der Waals surface area contributed by atoms with Crippen molar-refractivity contribution in [2.75, 3.05) is 13.2 Å². The molecule has 1 aromatic heterocycles. The van der Waals surface area contributed by atoms with Gasteiger partial charge in [-0.2, -0.15) is 0 Å². The van der Waals surface area contributed by atoms with Gasteiger partial charge >= 0.3 is 0 Å².